The van der Waals surface area contributed by atoms with Gasteiger partial charge in [0.05, 0.1) is 30.7 Å². The zero-order valence-corrected chi connectivity index (χ0v) is 27.2. The van der Waals surface area contributed by atoms with E-state index >= 15 is 0 Å². The normalized spacial score (nSPS) is 12.0. The van der Waals surface area contributed by atoms with Crippen molar-refractivity contribution in [2.24, 2.45) is 0 Å². The first-order valence-corrected chi connectivity index (χ1v) is 16.5. The van der Waals surface area contributed by atoms with Crippen LogP contribution in [0, 0.1) is 0 Å². The fraction of sp³-hybridized carbons (Fsp3) is 0. The number of aromatic carboxylic acids is 4. The van der Waals surface area contributed by atoms with Crippen LogP contribution in [0.15, 0.2) is 151 Å². The summed E-state index contributed by atoms with van der Waals surface area (Å²) in [5.74, 6) is -3.52. The molecule has 6 rings (SSSR count). The minimum absolute atomic E-state index is 0.331. The molecule has 0 bridgehead atoms. The molecule has 0 fully saturated rings. The lowest BCUT2D eigenvalue weighted by atomic mass is 10.2. The molecule has 0 radical (unpaired) electrons. The van der Waals surface area contributed by atoms with Gasteiger partial charge < -0.3 is 20.4 Å². The molecule has 0 aromatic heterocycles. The van der Waals surface area contributed by atoms with Gasteiger partial charge in [0.25, 0.3) is 0 Å². The van der Waals surface area contributed by atoms with E-state index in [4.69, 9.17) is 20.4 Å². The highest BCUT2D eigenvalue weighted by molar-refractivity contribution is 8.33. The Bertz CT molecular complexity index is 1390. The Hall–Kier alpha value is -4.62. The number of rotatable bonds is 4. The van der Waals surface area contributed by atoms with Crippen LogP contribution >= 0.6 is 47.0 Å². The Morgan fingerprint density at radius 1 is 0.326 bits per heavy atom. The molecule has 0 saturated carbocycles. The van der Waals surface area contributed by atoms with Crippen molar-refractivity contribution in [1.82, 2.24) is 0 Å². The predicted molar refractivity (Wildman–Crippen MR) is 189 cm³/mol. The summed E-state index contributed by atoms with van der Waals surface area (Å²) in [5, 5.41) is 42.1. The van der Waals surface area contributed by atoms with Crippen molar-refractivity contribution >= 4 is 70.9 Å². The number of hydrogen-bond donors (Lipinski definition) is 4. The Kier molecular flexibility index (Phi) is 17.9. The van der Waals surface area contributed by atoms with Crippen molar-refractivity contribution in [2.45, 2.75) is 0 Å². The van der Waals surface area contributed by atoms with E-state index in [2.05, 4.69) is 21.6 Å². The molecule has 0 atom stereocenters. The fourth-order valence-corrected chi connectivity index (χ4v) is 6.96. The lowest BCUT2D eigenvalue weighted by Crippen LogP contribution is -1.93. The van der Waals surface area contributed by atoms with Gasteiger partial charge in [-0.05, 0) is 70.2 Å². The summed E-state index contributed by atoms with van der Waals surface area (Å²) in [4.78, 5) is 40.8. The third-order valence-electron chi connectivity index (χ3n) is 5.06. The number of hydrogen-bond acceptors (Lipinski definition) is 8. The van der Waals surface area contributed by atoms with Gasteiger partial charge in [-0.3, -0.25) is 0 Å². The zero-order valence-electron chi connectivity index (χ0n) is 23.9. The van der Waals surface area contributed by atoms with Gasteiger partial charge in [0.2, 0.25) is 0 Å². The summed E-state index contributed by atoms with van der Waals surface area (Å²) in [6.45, 7) is 0. The van der Waals surface area contributed by atoms with Gasteiger partial charge in [-0.25, -0.2) is 19.2 Å². The van der Waals surface area contributed by atoms with Crippen molar-refractivity contribution in [3.05, 3.63) is 174 Å². The molecule has 2 aliphatic heterocycles. The van der Waals surface area contributed by atoms with E-state index in [9.17, 15) is 19.2 Å². The molecule has 0 amide bonds. The van der Waals surface area contributed by atoms with E-state index < -0.39 is 23.9 Å². The van der Waals surface area contributed by atoms with Crippen molar-refractivity contribution in [1.29, 1.82) is 0 Å². The molecule has 236 valence electrons. The smallest absolute Gasteiger partial charge is 0.335 e. The highest BCUT2D eigenvalue weighted by Crippen LogP contribution is 2.50. The Labute approximate surface area is 283 Å². The predicted octanol–water partition coefficient (Wildman–Crippen LogP) is 9.55. The molecule has 4 aromatic carbocycles. The van der Waals surface area contributed by atoms with Crippen LogP contribution < -0.4 is 0 Å². The van der Waals surface area contributed by atoms with Crippen molar-refractivity contribution in [3.8, 4) is 0 Å². The van der Waals surface area contributed by atoms with Gasteiger partial charge in [-0.15, -0.1) is 0 Å². The molecule has 0 unspecified atom stereocenters. The minimum Gasteiger partial charge on any atom is -0.478 e. The maximum atomic E-state index is 10.2. The van der Waals surface area contributed by atoms with Crippen molar-refractivity contribution in [2.75, 3.05) is 0 Å². The number of carboxylic acids is 4. The molecular formula is C34H28O8S4. The largest absolute Gasteiger partial charge is 0.478 e. The van der Waals surface area contributed by atoms with Crippen LogP contribution in [0.25, 0.3) is 0 Å². The molecule has 12 heteroatoms. The second-order valence-electron chi connectivity index (χ2n) is 8.28. The van der Waals surface area contributed by atoms with Crippen LogP contribution in [-0.4, -0.2) is 44.3 Å². The number of carboxylic acid groups (broad SMARTS) is 4. The van der Waals surface area contributed by atoms with Crippen LogP contribution in [0.4, 0.5) is 0 Å². The van der Waals surface area contributed by atoms with Gasteiger partial charge >= 0.3 is 23.9 Å². The van der Waals surface area contributed by atoms with E-state index in [1.165, 1.54) is 8.47 Å². The SMILES string of the molecule is C1=CSC(=C2SC=CS2)S1.O=C(O)c1ccccc1.O=C(O)c1ccccc1.O=C(O)c1ccccc1.O=C(O)c1ccccc1. The van der Waals surface area contributed by atoms with Gasteiger partial charge in [0.1, 0.15) is 0 Å². The second-order valence-corrected chi connectivity index (χ2v) is 12.5. The zero-order chi connectivity index (χ0) is 33.6. The van der Waals surface area contributed by atoms with Crippen LogP contribution in [-0.2, 0) is 0 Å². The summed E-state index contributed by atoms with van der Waals surface area (Å²) in [5.41, 5.74) is 1.32. The molecular weight excluding hydrogens is 665 g/mol. The Morgan fingerprint density at radius 3 is 0.630 bits per heavy atom. The maximum Gasteiger partial charge on any atom is 0.335 e. The lowest BCUT2D eigenvalue weighted by Gasteiger charge is -1.97. The van der Waals surface area contributed by atoms with Gasteiger partial charge in [0, 0.05) is 0 Å². The third kappa shape index (κ3) is 15.4. The molecule has 0 aliphatic carbocycles. The fourth-order valence-electron chi connectivity index (χ4n) is 2.93. The first kappa shape index (κ1) is 37.6. The third-order valence-corrected chi connectivity index (χ3v) is 9.84. The summed E-state index contributed by atoms with van der Waals surface area (Å²) in [6.07, 6.45) is 0. The van der Waals surface area contributed by atoms with E-state index in [0.717, 1.165) is 0 Å². The van der Waals surface area contributed by atoms with E-state index in [-0.39, 0.29) is 0 Å². The standard InChI is InChI=1S/4C7H6O2.C6H4S4/c4*8-7(9)6-4-2-1-3-5-6;1-2-8-5(7-1)6-9-3-4-10-6/h4*1-5H,(H,8,9);1-4H. The highest BCUT2D eigenvalue weighted by Gasteiger charge is 2.12. The van der Waals surface area contributed by atoms with Gasteiger partial charge in [-0.2, -0.15) is 0 Å². The first-order chi connectivity index (χ1) is 22.2. The van der Waals surface area contributed by atoms with Gasteiger partial charge in [-0.1, -0.05) is 120 Å². The average Bonchev–Trinajstić information content (AvgIpc) is 3.83. The quantitative estimate of drug-likeness (QED) is 0.161. The van der Waals surface area contributed by atoms with Crippen LogP contribution in [0.2, 0.25) is 0 Å². The molecule has 46 heavy (non-hydrogen) atoms. The molecule has 4 aromatic rings. The monoisotopic (exact) mass is 692 g/mol. The summed E-state index contributed by atoms with van der Waals surface area (Å²) in [6, 6.07) is 33.2. The van der Waals surface area contributed by atoms with E-state index in [1.807, 2.05) is 47.0 Å². The second kappa shape index (κ2) is 22.0. The van der Waals surface area contributed by atoms with E-state index in [1.54, 1.807) is 121 Å². The van der Waals surface area contributed by atoms with Gasteiger partial charge in [0.15, 0.2) is 0 Å². The summed E-state index contributed by atoms with van der Waals surface area (Å²) < 4.78 is 2.86. The van der Waals surface area contributed by atoms with Crippen LogP contribution in [0.5, 0.6) is 0 Å². The number of thioether (sulfide) groups is 4. The first-order valence-electron chi connectivity index (χ1n) is 13.0. The van der Waals surface area contributed by atoms with E-state index in [0.29, 0.717) is 22.3 Å². The molecule has 0 spiro atoms. The molecule has 0 saturated heterocycles. The minimum atomic E-state index is -0.879. The molecule has 2 aliphatic rings. The molecule has 2 heterocycles. The van der Waals surface area contributed by atoms with Crippen molar-refractivity contribution in [3.63, 3.8) is 0 Å². The Morgan fingerprint density at radius 2 is 0.500 bits per heavy atom. The maximum absolute atomic E-state index is 10.2. The van der Waals surface area contributed by atoms with Crippen LogP contribution in [0.3, 0.4) is 0 Å². The molecule has 4 N–H and O–H groups in total. The summed E-state index contributed by atoms with van der Waals surface area (Å²) >= 11 is 7.28. The number of carbonyl (C=O) groups is 4. The summed E-state index contributed by atoms with van der Waals surface area (Å²) in [7, 11) is 0. The average molecular weight is 693 g/mol. The van der Waals surface area contributed by atoms with Crippen molar-refractivity contribution < 1.29 is 39.6 Å². The van der Waals surface area contributed by atoms with Crippen LogP contribution in [0.1, 0.15) is 41.4 Å². The Balaban J connectivity index is 0.000000200. The lowest BCUT2D eigenvalue weighted by molar-refractivity contribution is 0.0686. The topological polar surface area (TPSA) is 149 Å². The highest BCUT2D eigenvalue weighted by atomic mass is 32.2. The number of benzene rings is 4. The molecule has 8 nitrogen and oxygen atoms in total.